The van der Waals surface area contributed by atoms with Crippen molar-refractivity contribution in [2.24, 2.45) is 0 Å². The molecule has 1 heterocycles. The molecule has 0 spiro atoms. The van der Waals surface area contributed by atoms with Gasteiger partial charge in [0.25, 0.3) is 0 Å². The van der Waals surface area contributed by atoms with E-state index in [0.717, 1.165) is 30.0 Å². The van der Waals surface area contributed by atoms with Crippen LogP contribution in [0.4, 0.5) is 0 Å². The van der Waals surface area contributed by atoms with E-state index in [2.05, 4.69) is 36.8 Å². The number of hydrogen-bond acceptors (Lipinski definition) is 2. The van der Waals surface area contributed by atoms with Crippen LogP contribution in [0.25, 0.3) is 0 Å². The zero-order valence-corrected chi connectivity index (χ0v) is 14.0. The highest BCUT2D eigenvalue weighted by molar-refractivity contribution is 6.31. The molecular weight excluding hydrogens is 282 g/mol. The molecule has 0 aliphatic rings. The Balaban J connectivity index is 2.44. The third-order valence-electron chi connectivity index (χ3n) is 3.99. The van der Waals surface area contributed by atoms with E-state index in [-0.39, 0.29) is 0 Å². The van der Waals surface area contributed by atoms with E-state index in [1.165, 1.54) is 17.0 Å². The van der Waals surface area contributed by atoms with Crippen LogP contribution >= 0.6 is 11.6 Å². The fraction of sp³-hybridized carbons (Fsp3) is 0.471. The molecule has 21 heavy (non-hydrogen) atoms. The number of nitrogens with one attached hydrogen (secondary N) is 1. The van der Waals surface area contributed by atoms with Crippen LogP contribution in [-0.2, 0) is 19.4 Å². The van der Waals surface area contributed by atoms with Crippen molar-refractivity contribution in [3.05, 3.63) is 51.8 Å². The van der Waals surface area contributed by atoms with Gasteiger partial charge in [-0.25, -0.2) is 0 Å². The third-order valence-corrected chi connectivity index (χ3v) is 4.36. The number of nitrogens with zero attached hydrogens (tertiary/aromatic N) is 2. The molecule has 0 aliphatic heterocycles. The minimum atomic E-state index is 0.315. The van der Waals surface area contributed by atoms with Crippen LogP contribution in [0.1, 0.15) is 49.3 Å². The highest BCUT2D eigenvalue weighted by Crippen LogP contribution is 2.25. The predicted octanol–water partition coefficient (Wildman–Crippen LogP) is 3.99. The van der Waals surface area contributed by atoms with Gasteiger partial charge < -0.3 is 5.32 Å². The van der Waals surface area contributed by atoms with Crippen LogP contribution in [0.15, 0.2) is 24.3 Å². The van der Waals surface area contributed by atoms with Crippen LogP contribution in [0, 0.1) is 0 Å². The molecule has 1 N–H and O–H groups in total. The summed E-state index contributed by atoms with van der Waals surface area (Å²) in [4.78, 5) is 0. The highest BCUT2D eigenvalue weighted by atomic mass is 35.5. The second-order valence-electron chi connectivity index (χ2n) is 5.27. The summed E-state index contributed by atoms with van der Waals surface area (Å²) in [6.45, 7) is 7.26. The fourth-order valence-electron chi connectivity index (χ4n) is 2.76. The quantitative estimate of drug-likeness (QED) is 0.874. The van der Waals surface area contributed by atoms with E-state index in [0.29, 0.717) is 6.04 Å². The van der Waals surface area contributed by atoms with E-state index in [1.54, 1.807) is 0 Å². The Bertz CT molecular complexity index is 604. The minimum Gasteiger partial charge on any atom is -0.313 e. The van der Waals surface area contributed by atoms with Crippen molar-refractivity contribution >= 4 is 11.6 Å². The zero-order valence-electron chi connectivity index (χ0n) is 13.3. The van der Waals surface area contributed by atoms with Crippen molar-refractivity contribution < 1.29 is 0 Å². The molecule has 114 valence electrons. The maximum Gasteiger partial charge on any atom is 0.0677 e. The molecule has 1 atom stereocenters. The number of aromatic nitrogens is 2. The molecule has 2 aromatic rings. The molecule has 0 bridgehead atoms. The van der Waals surface area contributed by atoms with Crippen molar-refractivity contribution in [3.63, 3.8) is 0 Å². The van der Waals surface area contributed by atoms with Gasteiger partial charge in [-0.2, -0.15) is 5.10 Å². The van der Waals surface area contributed by atoms with Crippen LogP contribution in [-0.4, -0.2) is 16.8 Å². The van der Waals surface area contributed by atoms with Gasteiger partial charge in [0, 0.05) is 22.3 Å². The molecule has 1 aromatic carbocycles. The van der Waals surface area contributed by atoms with Gasteiger partial charge in [-0.15, -0.1) is 0 Å². The van der Waals surface area contributed by atoms with E-state index < -0.39 is 0 Å². The lowest BCUT2D eigenvalue weighted by atomic mass is 10.0. The summed E-state index contributed by atoms with van der Waals surface area (Å²) >= 11 is 6.29. The minimum absolute atomic E-state index is 0.315. The lowest BCUT2D eigenvalue weighted by Gasteiger charge is -2.14. The Morgan fingerprint density at radius 1 is 1.24 bits per heavy atom. The second-order valence-corrected chi connectivity index (χ2v) is 5.68. The summed E-state index contributed by atoms with van der Waals surface area (Å²) < 4.78 is 2.11. The standard InChI is InChI=1S/C17H24ClN3/c1-5-15-17(12(3)19-4)16(6-2)21(20-15)11-13-9-7-8-10-14(13)18/h7-10,12,19H,5-6,11H2,1-4H3. The lowest BCUT2D eigenvalue weighted by molar-refractivity contribution is 0.620. The first-order valence-corrected chi connectivity index (χ1v) is 7.99. The van der Waals surface area contributed by atoms with Crippen molar-refractivity contribution in [1.82, 2.24) is 15.1 Å². The number of rotatable bonds is 6. The summed E-state index contributed by atoms with van der Waals surface area (Å²) in [5.41, 5.74) is 4.94. The third kappa shape index (κ3) is 3.30. The van der Waals surface area contributed by atoms with Crippen LogP contribution in [0.5, 0.6) is 0 Å². The maximum atomic E-state index is 6.29. The zero-order chi connectivity index (χ0) is 15.4. The van der Waals surface area contributed by atoms with Crippen molar-refractivity contribution in [2.75, 3.05) is 7.05 Å². The first-order valence-electron chi connectivity index (χ1n) is 7.61. The number of benzene rings is 1. The van der Waals surface area contributed by atoms with Gasteiger partial charge in [0.05, 0.1) is 12.2 Å². The van der Waals surface area contributed by atoms with Gasteiger partial charge in [-0.1, -0.05) is 43.6 Å². The molecule has 4 heteroatoms. The predicted molar refractivity (Wildman–Crippen MR) is 89.0 cm³/mol. The number of hydrogen-bond donors (Lipinski definition) is 1. The van der Waals surface area contributed by atoms with Crippen LogP contribution in [0.2, 0.25) is 5.02 Å². The summed E-state index contributed by atoms with van der Waals surface area (Å²) in [6.07, 6.45) is 1.92. The highest BCUT2D eigenvalue weighted by Gasteiger charge is 2.19. The molecule has 0 radical (unpaired) electrons. The molecule has 3 nitrogen and oxygen atoms in total. The van der Waals surface area contributed by atoms with E-state index >= 15 is 0 Å². The first kappa shape index (κ1) is 16.1. The normalized spacial score (nSPS) is 12.6. The summed E-state index contributed by atoms with van der Waals surface area (Å²) in [5, 5.41) is 8.96. The lowest BCUT2D eigenvalue weighted by Crippen LogP contribution is -2.16. The summed E-state index contributed by atoms with van der Waals surface area (Å²) in [5.74, 6) is 0. The van der Waals surface area contributed by atoms with Crippen LogP contribution in [0.3, 0.4) is 0 Å². The Kier molecular flexibility index (Phi) is 5.43. The Labute approximate surface area is 132 Å². The molecule has 1 unspecified atom stereocenters. The number of aryl methyl sites for hydroxylation is 1. The van der Waals surface area contributed by atoms with Gasteiger partial charge in [0.15, 0.2) is 0 Å². The molecular formula is C17H24ClN3. The van der Waals surface area contributed by atoms with E-state index in [9.17, 15) is 0 Å². The topological polar surface area (TPSA) is 29.9 Å². The molecule has 0 saturated carbocycles. The number of halogens is 1. The van der Waals surface area contributed by atoms with Crippen molar-refractivity contribution in [3.8, 4) is 0 Å². The molecule has 0 amide bonds. The maximum absolute atomic E-state index is 6.29. The largest absolute Gasteiger partial charge is 0.313 e. The summed E-state index contributed by atoms with van der Waals surface area (Å²) in [6, 6.07) is 8.30. The Morgan fingerprint density at radius 2 is 1.95 bits per heavy atom. The SMILES string of the molecule is CCc1nn(Cc2ccccc2Cl)c(CC)c1C(C)NC. The molecule has 0 aliphatic carbocycles. The van der Waals surface area contributed by atoms with E-state index in [1.807, 2.05) is 25.2 Å². The molecule has 2 rings (SSSR count). The van der Waals surface area contributed by atoms with Gasteiger partial charge in [-0.05, 0) is 38.4 Å². The Hall–Kier alpha value is -1.32. The monoisotopic (exact) mass is 305 g/mol. The Morgan fingerprint density at radius 3 is 2.52 bits per heavy atom. The molecule has 0 saturated heterocycles. The van der Waals surface area contributed by atoms with Crippen molar-refractivity contribution in [2.45, 2.75) is 46.2 Å². The average molecular weight is 306 g/mol. The summed E-state index contributed by atoms with van der Waals surface area (Å²) in [7, 11) is 1.99. The van der Waals surface area contributed by atoms with E-state index in [4.69, 9.17) is 16.7 Å². The van der Waals surface area contributed by atoms with Gasteiger partial charge in [-0.3, -0.25) is 4.68 Å². The average Bonchev–Trinajstić information content (AvgIpc) is 2.86. The second kappa shape index (κ2) is 7.10. The van der Waals surface area contributed by atoms with Crippen molar-refractivity contribution in [1.29, 1.82) is 0 Å². The van der Waals surface area contributed by atoms with Crippen LogP contribution < -0.4 is 5.32 Å². The van der Waals surface area contributed by atoms with Gasteiger partial charge in [0.2, 0.25) is 0 Å². The molecule has 0 fully saturated rings. The fourth-order valence-corrected chi connectivity index (χ4v) is 2.96. The van der Waals surface area contributed by atoms with Gasteiger partial charge in [0.1, 0.15) is 0 Å². The molecule has 1 aromatic heterocycles. The first-order chi connectivity index (χ1) is 10.1. The smallest absolute Gasteiger partial charge is 0.0677 e. The van der Waals surface area contributed by atoms with Gasteiger partial charge >= 0.3 is 0 Å².